The van der Waals surface area contributed by atoms with Gasteiger partial charge in [0, 0.05) is 50.7 Å². The number of piperazine rings is 1. The van der Waals surface area contributed by atoms with E-state index in [9.17, 15) is 4.79 Å². The molecule has 2 rings (SSSR count). The summed E-state index contributed by atoms with van der Waals surface area (Å²) in [5.74, 6) is 0.0819. The molecule has 0 aromatic heterocycles. The van der Waals surface area contributed by atoms with Crippen molar-refractivity contribution in [2.75, 3.05) is 32.7 Å². The van der Waals surface area contributed by atoms with E-state index in [-0.39, 0.29) is 5.91 Å². The van der Waals surface area contributed by atoms with Gasteiger partial charge < -0.3 is 15.5 Å². The van der Waals surface area contributed by atoms with Crippen molar-refractivity contribution in [2.45, 2.75) is 13.0 Å². The zero-order chi connectivity index (χ0) is 13.5. The number of halogens is 1. The molecule has 5 heteroatoms. The molecule has 0 aliphatic carbocycles. The molecule has 0 radical (unpaired) electrons. The van der Waals surface area contributed by atoms with Gasteiger partial charge in [-0.25, -0.2) is 0 Å². The molecule has 1 aromatic rings. The van der Waals surface area contributed by atoms with Gasteiger partial charge in [-0.05, 0) is 11.6 Å². The minimum absolute atomic E-state index is 0.0819. The third-order valence-electron chi connectivity index (χ3n) is 3.30. The van der Waals surface area contributed by atoms with Gasteiger partial charge in [0.15, 0.2) is 0 Å². The second kappa shape index (κ2) is 7.48. The maximum atomic E-state index is 11.8. The van der Waals surface area contributed by atoms with E-state index in [0.717, 1.165) is 38.3 Å². The second-order valence-corrected chi connectivity index (χ2v) is 5.12. The van der Waals surface area contributed by atoms with Crippen molar-refractivity contribution < 1.29 is 4.79 Å². The maximum absolute atomic E-state index is 11.8. The number of hydrogen-bond acceptors (Lipinski definition) is 3. The standard InChI is InChI=1S/C14H20ClN3O/c15-13-4-2-1-3-12(13)11-17-14(19)5-8-18-9-6-16-7-10-18/h1-4,16H,5-11H2,(H,17,19). The van der Waals surface area contributed by atoms with Crippen LogP contribution in [0.3, 0.4) is 0 Å². The highest BCUT2D eigenvalue weighted by Gasteiger charge is 2.11. The van der Waals surface area contributed by atoms with Crippen molar-refractivity contribution >= 4 is 17.5 Å². The Kier molecular flexibility index (Phi) is 5.63. The smallest absolute Gasteiger partial charge is 0.221 e. The van der Waals surface area contributed by atoms with Crippen molar-refractivity contribution in [2.24, 2.45) is 0 Å². The van der Waals surface area contributed by atoms with Gasteiger partial charge in [-0.1, -0.05) is 29.8 Å². The molecule has 4 nitrogen and oxygen atoms in total. The Morgan fingerprint density at radius 1 is 1.32 bits per heavy atom. The summed E-state index contributed by atoms with van der Waals surface area (Å²) in [5, 5.41) is 6.91. The summed E-state index contributed by atoms with van der Waals surface area (Å²) in [4.78, 5) is 14.1. The molecule has 104 valence electrons. The summed E-state index contributed by atoms with van der Waals surface area (Å²) in [6.45, 7) is 5.41. The molecular weight excluding hydrogens is 262 g/mol. The van der Waals surface area contributed by atoms with E-state index < -0.39 is 0 Å². The number of carbonyl (C=O) groups excluding carboxylic acids is 1. The van der Waals surface area contributed by atoms with E-state index >= 15 is 0 Å². The van der Waals surface area contributed by atoms with E-state index in [2.05, 4.69) is 15.5 Å². The molecule has 2 N–H and O–H groups in total. The van der Waals surface area contributed by atoms with Crippen LogP contribution in [-0.2, 0) is 11.3 Å². The van der Waals surface area contributed by atoms with Crippen LogP contribution in [-0.4, -0.2) is 43.5 Å². The molecule has 1 fully saturated rings. The topological polar surface area (TPSA) is 44.4 Å². The van der Waals surface area contributed by atoms with Gasteiger partial charge in [0.05, 0.1) is 0 Å². The van der Waals surface area contributed by atoms with Crippen molar-refractivity contribution in [1.82, 2.24) is 15.5 Å². The normalized spacial score (nSPS) is 16.3. The molecule has 0 atom stereocenters. The molecule has 0 bridgehead atoms. The van der Waals surface area contributed by atoms with Gasteiger partial charge in [0.25, 0.3) is 0 Å². The first-order chi connectivity index (χ1) is 9.25. The Morgan fingerprint density at radius 3 is 2.79 bits per heavy atom. The summed E-state index contributed by atoms with van der Waals surface area (Å²) in [5.41, 5.74) is 0.958. The molecule has 1 heterocycles. The minimum Gasteiger partial charge on any atom is -0.352 e. The van der Waals surface area contributed by atoms with Gasteiger partial charge in [-0.15, -0.1) is 0 Å². The highest BCUT2D eigenvalue weighted by molar-refractivity contribution is 6.31. The Balaban J connectivity index is 1.68. The molecule has 0 saturated carbocycles. The van der Waals surface area contributed by atoms with Crippen molar-refractivity contribution in [3.05, 3.63) is 34.9 Å². The first-order valence-corrected chi connectivity index (χ1v) is 7.06. The maximum Gasteiger partial charge on any atom is 0.221 e. The van der Waals surface area contributed by atoms with Crippen LogP contribution in [0.5, 0.6) is 0 Å². The van der Waals surface area contributed by atoms with E-state index in [1.54, 1.807) is 0 Å². The molecule has 1 aliphatic heterocycles. The number of nitrogens with one attached hydrogen (secondary N) is 2. The number of nitrogens with zero attached hydrogens (tertiary/aromatic N) is 1. The third-order valence-corrected chi connectivity index (χ3v) is 3.67. The Bertz CT molecular complexity index is 419. The molecule has 19 heavy (non-hydrogen) atoms. The highest BCUT2D eigenvalue weighted by Crippen LogP contribution is 2.14. The van der Waals surface area contributed by atoms with E-state index in [1.807, 2.05) is 24.3 Å². The molecule has 0 unspecified atom stereocenters. The highest BCUT2D eigenvalue weighted by atomic mass is 35.5. The summed E-state index contributed by atoms with van der Waals surface area (Å²) < 4.78 is 0. The van der Waals surface area contributed by atoms with Crippen LogP contribution in [0.15, 0.2) is 24.3 Å². The van der Waals surface area contributed by atoms with Crippen LogP contribution in [0.1, 0.15) is 12.0 Å². The first kappa shape index (κ1) is 14.3. The zero-order valence-electron chi connectivity index (χ0n) is 11.0. The number of benzene rings is 1. The number of rotatable bonds is 5. The molecular formula is C14H20ClN3O. The molecule has 1 saturated heterocycles. The largest absolute Gasteiger partial charge is 0.352 e. The third kappa shape index (κ3) is 4.82. The summed E-state index contributed by atoms with van der Waals surface area (Å²) in [6.07, 6.45) is 0.546. The number of hydrogen-bond donors (Lipinski definition) is 2. The van der Waals surface area contributed by atoms with Gasteiger partial charge in [0.2, 0.25) is 5.91 Å². The van der Waals surface area contributed by atoms with Crippen LogP contribution in [0, 0.1) is 0 Å². The van der Waals surface area contributed by atoms with Crippen molar-refractivity contribution in [3.63, 3.8) is 0 Å². The van der Waals surface area contributed by atoms with Crippen LogP contribution in [0.2, 0.25) is 5.02 Å². The molecule has 1 aliphatic rings. The lowest BCUT2D eigenvalue weighted by atomic mass is 10.2. The number of amides is 1. The van der Waals surface area contributed by atoms with Crippen LogP contribution >= 0.6 is 11.6 Å². The van der Waals surface area contributed by atoms with E-state index in [1.165, 1.54) is 0 Å². The SMILES string of the molecule is O=C(CCN1CCNCC1)NCc1ccccc1Cl. The number of carbonyl (C=O) groups is 1. The fraction of sp³-hybridized carbons (Fsp3) is 0.500. The van der Waals surface area contributed by atoms with Gasteiger partial charge in [0.1, 0.15) is 0 Å². The van der Waals surface area contributed by atoms with Crippen molar-refractivity contribution in [3.8, 4) is 0 Å². The summed E-state index contributed by atoms with van der Waals surface area (Å²) in [7, 11) is 0. The van der Waals surface area contributed by atoms with Gasteiger partial charge in [-0.3, -0.25) is 4.79 Å². The zero-order valence-corrected chi connectivity index (χ0v) is 11.7. The predicted octanol–water partition coefficient (Wildman–Crippen LogP) is 1.25. The first-order valence-electron chi connectivity index (χ1n) is 6.69. The Morgan fingerprint density at radius 2 is 2.05 bits per heavy atom. The summed E-state index contributed by atoms with van der Waals surface area (Å²) in [6, 6.07) is 7.58. The molecule has 0 spiro atoms. The Hall–Kier alpha value is -1.10. The van der Waals surface area contributed by atoms with Gasteiger partial charge >= 0.3 is 0 Å². The fourth-order valence-electron chi connectivity index (χ4n) is 2.12. The van der Waals surface area contributed by atoms with Crippen LogP contribution in [0.4, 0.5) is 0 Å². The summed E-state index contributed by atoms with van der Waals surface area (Å²) >= 11 is 6.04. The lowest BCUT2D eigenvalue weighted by Crippen LogP contribution is -2.44. The lowest BCUT2D eigenvalue weighted by Gasteiger charge is -2.26. The molecule has 1 aromatic carbocycles. The van der Waals surface area contributed by atoms with E-state index in [4.69, 9.17) is 11.6 Å². The molecule has 1 amide bonds. The van der Waals surface area contributed by atoms with E-state index in [0.29, 0.717) is 18.0 Å². The predicted molar refractivity (Wildman–Crippen MR) is 77.2 cm³/mol. The monoisotopic (exact) mass is 281 g/mol. The second-order valence-electron chi connectivity index (χ2n) is 4.71. The van der Waals surface area contributed by atoms with Crippen LogP contribution < -0.4 is 10.6 Å². The minimum atomic E-state index is 0.0819. The average Bonchev–Trinajstić information content (AvgIpc) is 2.45. The Labute approximate surface area is 119 Å². The lowest BCUT2D eigenvalue weighted by molar-refractivity contribution is -0.121. The average molecular weight is 282 g/mol. The fourth-order valence-corrected chi connectivity index (χ4v) is 2.32. The van der Waals surface area contributed by atoms with Crippen molar-refractivity contribution in [1.29, 1.82) is 0 Å². The quantitative estimate of drug-likeness (QED) is 0.854. The van der Waals surface area contributed by atoms with Crippen LogP contribution in [0.25, 0.3) is 0 Å². The van der Waals surface area contributed by atoms with Gasteiger partial charge in [-0.2, -0.15) is 0 Å².